The molecule has 1 amide bonds. The van der Waals surface area contributed by atoms with Crippen LogP contribution in [-0.4, -0.2) is 18.5 Å². The zero-order valence-corrected chi connectivity index (χ0v) is 17.6. The first-order valence-electron chi connectivity index (χ1n) is 9.18. The van der Waals surface area contributed by atoms with Crippen molar-refractivity contribution in [2.24, 2.45) is 0 Å². The van der Waals surface area contributed by atoms with Crippen molar-refractivity contribution in [1.82, 2.24) is 0 Å². The predicted molar refractivity (Wildman–Crippen MR) is 116 cm³/mol. The summed E-state index contributed by atoms with van der Waals surface area (Å²) in [5.74, 6) is -1.67. The number of ether oxygens (including phenoxy) is 1. The van der Waals surface area contributed by atoms with Gasteiger partial charge in [-0.1, -0.05) is 41.4 Å². The summed E-state index contributed by atoms with van der Waals surface area (Å²) in [6.07, 6.45) is 0. The summed E-state index contributed by atoms with van der Waals surface area (Å²) in [7, 11) is 0. The highest BCUT2D eigenvalue weighted by molar-refractivity contribution is 6.36. The summed E-state index contributed by atoms with van der Waals surface area (Å²) in [5.41, 5.74) is 1.23. The Balaban J connectivity index is 2.02. The van der Waals surface area contributed by atoms with Gasteiger partial charge in [0.05, 0.1) is 24.3 Å². The number of anilines is 1. The van der Waals surface area contributed by atoms with Gasteiger partial charge in [-0.2, -0.15) is 0 Å². The van der Waals surface area contributed by atoms with E-state index in [2.05, 4.69) is 0 Å². The molecule has 3 rings (SSSR count). The summed E-state index contributed by atoms with van der Waals surface area (Å²) < 4.78 is 19.3. The fourth-order valence-electron chi connectivity index (χ4n) is 2.89. The van der Waals surface area contributed by atoms with Crippen molar-refractivity contribution in [2.45, 2.75) is 13.5 Å². The molecule has 0 heterocycles. The third-order valence-corrected chi connectivity index (χ3v) is 5.13. The largest absolute Gasteiger partial charge is 0.462 e. The Morgan fingerprint density at radius 3 is 2.17 bits per heavy atom. The standard InChI is InChI=1S/C23H18Cl2FNO3/c1-2-30-23(29)15-10-12-16(13-11-15)27(14-18-19(24)7-5-8-20(18)25)22(28)17-6-3-4-9-21(17)26/h3-13H,2,14H2,1H3. The van der Waals surface area contributed by atoms with E-state index < -0.39 is 17.7 Å². The van der Waals surface area contributed by atoms with Crippen LogP contribution in [-0.2, 0) is 11.3 Å². The lowest BCUT2D eigenvalue weighted by molar-refractivity contribution is 0.0526. The maximum Gasteiger partial charge on any atom is 0.338 e. The first-order chi connectivity index (χ1) is 14.4. The number of rotatable bonds is 6. The molecule has 0 N–H and O–H groups in total. The van der Waals surface area contributed by atoms with Gasteiger partial charge in [0, 0.05) is 21.3 Å². The van der Waals surface area contributed by atoms with Gasteiger partial charge in [-0.25, -0.2) is 9.18 Å². The summed E-state index contributed by atoms with van der Waals surface area (Å²) >= 11 is 12.6. The van der Waals surface area contributed by atoms with Gasteiger partial charge in [0.1, 0.15) is 5.82 Å². The molecule has 4 nitrogen and oxygen atoms in total. The van der Waals surface area contributed by atoms with E-state index >= 15 is 0 Å². The molecule has 0 saturated carbocycles. The van der Waals surface area contributed by atoms with E-state index in [1.54, 1.807) is 55.5 Å². The molecule has 0 fully saturated rings. The van der Waals surface area contributed by atoms with E-state index in [1.165, 1.54) is 23.1 Å². The molecule has 0 aliphatic heterocycles. The number of hydrogen-bond acceptors (Lipinski definition) is 3. The molecule has 0 bridgehead atoms. The van der Waals surface area contributed by atoms with Gasteiger partial charge >= 0.3 is 5.97 Å². The second kappa shape index (κ2) is 9.74. The van der Waals surface area contributed by atoms with Crippen LogP contribution in [0.5, 0.6) is 0 Å². The summed E-state index contributed by atoms with van der Waals surface area (Å²) in [5, 5.41) is 0.772. The summed E-state index contributed by atoms with van der Waals surface area (Å²) in [4.78, 5) is 26.5. The first-order valence-corrected chi connectivity index (χ1v) is 9.94. The first kappa shape index (κ1) is 21.8. The molecule has 0 aliphatic carbocycles. The van der Waals surface area contributed by atoms with Crippen LogP contribution >= 0.6 is 23.2 Å². The highest BCUT2D eigenvalue weighted by Gasteiger charge is 2.23. The Labute approximate surface area is 183 Å². The molecule has 0 spiro atoms. The van der Waals surface area contributed by atoms with Crippen molar-refractivity contribution in [3.63, 3.8) is 0 Å². The molecule has 7 heteroatoms. The van der Waals surface area contributed by atoms with Gasteiger partial charge in [-0.15, -0.1) is 0 Å². The fraction of sp³-hybridized carbons (Fsp3) is 0.130. The molecule has 30 heavy (non-hydrogen) atoms. The summed E-state index contributed by atoms with van der Waals surface area (Å²) in [6.45, 7) is 1.99. The number of hydrogen-bond donors (Lipinski definition) is 0. The minimum Gasteiger partial charge on any atom is -0.462 e. The highest BCUT2D eigenvalue weighted by Crippen LogP contribution is 2.29. The Morgan fingerprint density at radius 1 is 0.933 bits per heavy atom. The topological polar surface area (TPSA) is 46.6 Å². The van der Waals surface area contributed by atoms with E-state index in [1.807, 2.05) is 0 Å². The van der Waals surface area contributed by atoms with Crippen molar-refractivity contribution in [1.29, 1.82) is 0 Å². The predicted octanol–water partition coefficient (Wildman–Crippen LogP) is 6.16. The maximum atomic E-state index is 14.3. The number of carbonyl (C=O) groups is 2. The maximum absolute atomic E-state index is 14.3. The number of benzene rings is 3. The quantitative estimate of drug-likeness (QED) is 0.427. The van der Waals surface area contributed by atoms with Crippen molar-refractivity contribution in [2.75, 3.05) is 11.5 Å². The van der Waals surface area contributed by atoms with Gasteiger partial charge in [-0.3, -0.25) is 4.79 Å². The van der Waals surface area contributed by atoms with Crippen LogP contribution < -0.4 is 4.90 Å². The van der Waals surface area contributed by atoms with Gasteiger partial charge < -0.3 is 9.64 Å². The van der Waals surface area contributed by atoms with E-state index in [0.29, 0.717) is 26.9 Å². The minimum atomic E-state index is -0.638. The molecule has 3 aromatic rings. The second-order valence-electron chi connectivity index (χ2n) is 6.34. The Hall–Kier alpha value is -2.89. The molecule has 0 unspecified atom stereocenters. The SMILES string of the molecule is CCOC(=O)c1ccc(N(Cc2c(Cl)cccc2Cl)C(=O)c2ccccc2F)cc1. The lowest BCUT2D eigenvalue weighted by Gasteiger charge is -2.24. The molecule has 0 aromatic heterocycles. The number of carbonyl (C=O) groups excluding carboxylic acids is 2. The second-order valence-corrected chi connectivity index (χ2v) is 7.15. The fourth-order valence-corrected chi connectivity index (χ4v) is 3.41. The van der Waals surface area contributed by atoms with Gasteiger partial charge in [0.2, 0.25) is 0 Å². The minimum absolute atomic E-state index is 0.0183. The third-order valence-electron chi connectivity index (χ3n) is 4.42. The lowest BCUT2D eigenvalue weighted by Crippen LogP contribution is -2.31. The molecular weight excluding hydrogens is 428 g/mol. The molecule has 154 valence electrons. The zero-order valence-electron chi connectivity index (χ0n) is 16.1. The summed E-state index contributed by atoms with van der Waals surface area (Å²) in [6, 6.07) is 17.0. The number of esters is 1. The third kappa shape index (κ3) is 4.81. The van der Waals surface area contributed by atoms with Gasteiger partial charge in [0.15, 0.2) is 0 Å². The molecule has 0 aliphatic rings. The monoisotopic (exact) mass is 445 g/mol. The average Bonchev–Trinajstić information content (AvgIpc) is 2.74. The molecule has 0 saturated heterocycles. The van der Waals surface area contributed by atoms with Crippen LogP contribution in [0.4, 0.5) is 10.1 Å². The molecular formula is C23H18Cl2FNO3. The van der Waals surface area contributed by atoms with Crippen LogP contribution in [0.25, 0.3) is 0 Å². The normalized spacial score (nSPS) is 10.5. The Kier molecular flexibility index (Phi) is 7.08. The number of halogens is 3. The van der Waals surface area contributed by atoms with Crippen molar-refractivity contribution in [3.05, 3.63) is 99.3 Å². The van der Waals surface area contributed by atoms with Crippen molar-refractivity contribution >= 4 is 40.8 Å². The van der Waals surface area contributed by atoms with E-state index in [4.69, 9.17) is 27.9 Å². The van der Waals surface area contributed by atoms with E-state index in [0.717, 1.165) is 0 Å². The highest BCUT2D eigenvalue weighted by atomic mass is 35.5. The Bertz CT molecular complexity index is 1050. The van der Waals surface area contributed by atoms with E-state index in [9.17, 15) is 14.0 Å². The molecule has 3 aromatic carbocycles. The Morgan fingerprint density at radius 2 is 1.57 bits per heavy atom. The van der Waals surface area contributed by atoms with Crippen molar-refractivity contribution in [3.8, 4) is 0 Å². The number of amides is 1. The molecule has 0 atom stereocenters. The van der Waals surface area contributed by atoms with Crippen LogP contribution in [0, 0.1) is 5.82 Å². The zero-order chi connectivity index (χ0) is 21.7. The smallest absolute Gasteiger partial charge is 0.338 e. The van der Waals surface area contributed by atoms with Gasteiger partial charge in [0.25, 0.3) is 5.91 Å². The van der Waals surface area contributed by atoms with Crippen molar-refractivity contribution < 1.29 is 18.7 Å². The van der Waals surface area contributed by atoms with E-state index in [-0.39, 0.29) is 18.7 Å². The molecule has 0 radical (unpaired) electrons. The lowest BCUT2D eigenvalue weighted by atomic mass is 10.1. The van der Waals surface area contributed by atoms with Crippen LogP contribution in [0.3, 0.4) is 0 Å². The van der Waals surface area contributed by atoms with Crippen LogP contribution in [0.1, 0.15) is 33.2 Å². The van der Waals surface area contributed by atoms with Crippen LogP contribution in [0.2, 0.25) is 10.0 Å². The average molecular weight is 446 g/mol. The van der Waals surface area contributed by atoms with Gasteiger partial charge in [-0.05, 0) is 55.5 Å². The van der Waals surface area contributed by atoms with Crippen LogP contribution in [0.15, 0.2) is 66.7 Å². The number of nitrogens with zero attached hydrogens (tertiary/aromatic N) is 1.